The first-order chi connectivity index (χ1) is 12.3. The van der Waals surface area contributed by atoms with Gasteiger partial charge in [-0.25, -0.2) is 4.39 Å². The topological polar surface area (TPSA) is 57.4 Å². The van der Waals surface area contributed by atoms with E-state index in [2.05, 4.69) is 9.72 Å². The number of pyridine rings is 1. The average molecular weight is 395 g/mol. The standard InChI is InChI=1S/C8H9ClN2O.C7H4F4O.C2H6/c9-5-1-3-11-7-6(10)2-4-12-8(5)7;8-5-3-1-2-4-6(5)12-7(9,10)11;1-2/h1,3,6H,2,4,10H2;1-4H;1-2H3. The third kappa shape index (κ3) is 6.68. The summed E-state index contributed by atoms with van der Waals surface area (Å²) >= 11 is 5.89. The van der Waals surface area contributed by atoms with Gasteiger partial charge in [0.25, 0.3) is 0 Å². The molecule has 1 aromatic carbocycles. The summed E-state index contributed by atoms with van der Waals surface area (Å²) in [6.45, 7) is 4.62. The van der Waals surface area contributed by atoms with Crippen molar-refractivity contribution in [1.82, 2.24) is 4.98 Å². The van der Waals surface area contributed by atoms with E-state index in [1.165, 1.54) is 12.1 Å². The first-order valence-corrected chi connectivity index (χ1v) is 8.19. The molecule has 26 heavy (non-hydrogen) atoms. The fourth-order valence-electron chi connectivity index (χ4n) is 1.92. The van der Waals surface area contributed by atoms with E-state index in [1.807, 2.05) is 13.8 Å². The lowest BCUT2D eigenvalue weighted by Crippen LogP contribution is -2.21. The number of hydrogen-bond donors (Lipinski definition) is 1. The lowest BCUT2D eigenvalue weighted by Gasteiger charge is -2.22. The molecular weight excluding hydrogens is 376 g/mol. The second-order valence-corrected chi connectivity index (χ2v) is 5.14. The van der Waals surface area contributed by atoms with Crippen LogP contribution in [0.5, 0.6) is 11.5 Å². The van der Waals surface area contributed by atoms with Crippen molar-refractivity contribution in [1.29, 1.82) is 0 Å². The number of ether oxygens (including phenoxy) is 2. The third-order valence-electron chi connectivity index (χ3n) is 2.97. The molecule has 2 aromatic rings. The van der Waals surface area contributed by atoms with Crippen LogP contribution in [0.2, 0.25) is 5.02 Å². The minimum absolute atomic E-state index is 0.0348. The normalized spacial score (nSPS) is 15.3. The fourth-order valence-corrected chi connectivity index (χ4v) is 2.13. The maximum Gasteiger partial charge on any atom is 0.573 e. The number of halogens is 5. The summed E-state index contributed by atoms with van der Waals surface area (Å²) < 4.78 is 55.8. The first-order valence-electron chi connectivity index (χ1n) is 7.81. The molecule has 0 aliphatic carbocycles. The molecule has 0 bridgehead atoms. The molecule has 2 heterocycles. The highest BCUT2D eigenvalue weighted by atomic mass is 35.5. The Labute approximate surface area is 153 Å². The highest BCUT2D eigenvalue weighted by molar-refractivity contribution is 6.32. The van der Waals surface area contributed by atoms with Gasteiger partial charge in [-0.05, 0) is 18.2 Å². The highest BCUT2D eigenvalue weighted by Crippen LogP contribution is 2.34. The van der Waals surface area contributed by atoms with Crippen LogP contribution in [0.3, 0.4) is 0 Å². The number of nitrogens with zero attached hydrogens (tertiary/aromatic N) is 1. The fraction of sp³-hybridized carbons (Fsp3) is 0.353. The number of fused-ring (bicyclic) bond motifs is 1. The SMILES string of the molecule is CC.Fc1ccccc1OC(F)(F)F.NC1CCOc2c(Cl)ccnc21. The van der Waals surface area contributed by atoms with Crippen LogP contribution in [-0.2, 0) is 0 Å². The minimum Gasteiger partial charge on any atom is -0.490 e. The lowest BCUT2D eigenvalue weighted by molar-refractivity contribution is -0.275. The maximum absolute atomic E-state index is 12.5. The molecule has 1 aliphatic rings. The minimum atomic E-state index is -4.85. The lowest BCUT2D eigenvalue weighted by atomic mass is 10.1. The molecule has 0 amide bonds. The number of aromatic nitrogens is 1. The Morgan fingerprint density at radius 3 is 2.46 bits per heavy atom. The molecule has 0 saturated heterocycles. The van der Waals surface area contributed by atoms with Gasteiger partial charge in [0.05, 0.1) is 17.7 Å². The van der Waals surface area contributed by atoms with Crippen LogP contribution in [-0.4, -0.2) is 18.0 Å². The summed E-state index contributed by atoms with van der Waals surface area (Å²) in [6, 6.07) is 6.00. The van der Waals surface area contributed by atoms with Crippen LogP contribution in [0.25, 0.3) is 0 Å². The third-order valence-corrected chi connectivity index (χ3v) is 3.27. The number of hydrogen-bond acceptors (Lipinski definition) is 4. The smallest absolute Gasteiger partial charge is 0.490 e. The molecule has 3 rings (SSSR count). The molecule has 1 atom stereocenters. The number of alkyl halides is 3. The summed E-state index contributed by atoms with van der Waals surface area (Å²) in [5.41, 5.74) is 6.59. The first kappa shape index (κ1) is 22.0. The van der Waals surface area contributed by atoms with Gasteiger partial charge in [0.15, 0.2) is 17.3 Å². The predicted molar refractivity (Wildman–Crippen MR) is 90.7 cm³/mol. The molecule has 0 fully saturated rings. The average Bonchev–Trinajstić information content (AvgIpc) is 2.59. The van der Waals surface area contributed by atoms with Crippen LogP contribution in [0.4, 0.5) is 17.6 Å². The molecule has 0 saturated carbocycles. The van der Waals surface area contributed by atoms with Crippen molar-refractivity contribution in [3.8, 4) is 11.5 Å². The molecular formula is C17H19ClF4N2O2. The van der Waals surface area contributed by atoms with Gasteiger partial charge < -0.3 is 15.2 Å². The van der Waals surface area contributed by atoms with E-state index in [-0.39, 0.29) is 6.04 Å². The van der Waals surface area contributed by atoms with E-state index in [1.54, 1.807) is 12.3 Å². The summed E-state index contributed by atoms with van der Waals surface area (Å²) in [6.07, 6.45) is -2.39. The van der Waals surface area contributed by atoms with Crippen LogP contribution < -0.4 is 15.2 Å². The van der Waals surface area contributed by atoms with E-state index < -0.39 is 17.9 Å². The van der Waals surface area contributed by atoms with Crippen molar-refractivity contribution in [3.05, 3.63) is 53.1 Å². The molecule has 144 valence electrons. The molecule has 0 spiro atoms. The molecule has 2 N–H and O–H groups in total. The second-order valence-electron chi connectivity index (χ2n) is 4.73. The van der Waals surface area contributed by atoms with Crippen molar-refractivity contribution in [3.63, 3.8) is 0 Å². The zero-order chi connectivity index (χ0) is 19.7. The van der Waals surface area contributed by atoms with E-state index in [0.29, 0.717) is 17.4 Å². The monoisotopic (exact) mass is 394 g/mol. The van der Waals surface area contributed by atoms with E-state index in [0.717, 1.165) is 24.2 Å². The quantitative estimate of drug-likeness (QED) is 0.669. The van der Waals surface area contributed by atoms with Crippen LogP contribution in [0.15, 0.2) is 36.5 Å². The Hall–Kier alpha value is -2.06. The van der Waals surface area contributed by atoms with Crippen LogP contribution >= 0.6 is 11.6 Å². The zero-order valence-electron chi connectivity index (χ0n) is 14.2. The molecule has 1 unspecified atom stereocenters. The largest absolute Gasteiger partial charge is 0.573 e. The van der Waals surface area contributed by atoms with Gasteiger partial charge in [-0.1, -0.05) is 37.6 Å². The number of nitrogens with two attached hydrogens (primary N) is 1. The Bertz CT molecular complexity index is 699. The van der Waals surface area contributed by atoms with Gasteiger partial charge in [0.2, 0.25) is 0 Å². The summed E-state index contributed by atoms with van der Waals surface area (Å²) in [7, 11) is 0. The number of benzene rings is 1. The number of para-hydroxylation sites is 1. The molecule has 9 heteroatoms. The van der Waals surface area contributed by atoms with Crippen molar-refractivity contribution in [2.45, 2.75) is 32.7 Å². The number of rotatable bonds is 1. The predicted octanol–water partition coefficient (Wildman–Crippen LogP) is 5.27. The van der Waals surface area contributed by atoms with Gasteiger partial charge in [-0.15, -0.1) is 13.2 Å². The highest BCUT2D eigenvalue weighted by Gasteiger charge is 2.32. The van der Waals surface area contributed by atoms with E-state index in [4.69, 9.17) is 22.1 Å². The molecule has 1 aromatic heterocycles. The van der Waals surface area contributed by atoms with Crippen molar-refractivity contribution in [2.75, 3.05) is 6.61 Å². The van der Waals surface area contributed by atoms with Gasteiger partial charge in [-0.3, -0.25) is 4.98 Å². The van der Waals surface area contributed by atoms with Gasteiger partial charge in [0, 0.05) is 12.6 Å². The Kier molecular flexibility index (Phi) is 8.60. The van der Waals surface area contributed by atoms with Crippen LogP contribution in [0, 0.1) is 5.82 Å². The van der Waals surface area contributed by atoms with Crippen molar-refractivity contribution < 1.29 is 27.0 Å². The van der Waals surface area contributed by atoms with Gasteiger partial charge >= 0.3 is 6.36 Å². The van der Waals surface area contributed by atoms with Crippen LogP contribution in [0.1, 0.15) is 32.0 Å². The molecule has 4 nitrogen and oxygen atoms in total. The summed E-state index contributed by atoms with van der Waals surface area (Å²) in [5.74, 6) is -1.20. The zero-order valence-corrected chi connectivity index (χ0v) is 14.9. The molecule has 0 radical (unpaired) electrons. The Morgan fingerprint density at radius 1 is 1.23 bits per heavy atom. The summed E-state index contributed by atoms with van der Waals surface area (Å²) in [4.78, 5) is 4.13. The summed E-state index contributed by atoms with van der Waals surface area (Å²) in [5, 5.41) is 0.593. The molecule has 1 aliphatic heterocycles. The van der Waals surface area contributed by atoms with Crippen molar-refractivity contribution in [2.24, 2.45) is 5.73 Å². The Balaban J connectivity index is 0.000000238. The van der Waals surface area contributed by atoms with Gasteiger partial charge in [-0.2, -0.15) is 0 Å². The second kappa shape index (κ2) is 10.2. The maximum atomic E-state index is 12.5. The Morgan fingerprint density at radius 2 is 1.88 bits per heavy atom. The van der Waals surface area contributed by atoms with Crippen molar-refractivity contribution >= 4 is 11.6 Å². The van der Waals surface area contributed by atoms with E-state index >= 15 is 0 Å². The van der Waals surface area contributed by atoms with Gasteiger partial charge in [0.1, 0.15) is 5.69 Å². The van der Waals surface area contributed by atoms with E-state index in [9.17, 15) is 17.6 Å².